The molecule has 6 rings (SSSR count). The maximum atomic E-state index is 14.5. The van der Waals surface area contributed by atoms with E-state index in [4.69, 9.17) is 14.2 Å². The summed E-state index contributed by atoms with van der Waals surface area (Å²) in [4.78, 5) is 72.7. The molecule has 1 unspecified atom stereocenters. The number of carbonyl (C=O) groups excluding carboxylic acids is 5. The first-order valence-electron chi connectivity index (χ1n) is 18.7. The van der Waals surface area contributed by atoms with Gasteiger partial charge in [-0.3, -0.25) is 19.2 Å². The molecule has 6 atom stereocenters. The summed E-state index contributed by atoms with van der Waals surface area (Å²) >= 11 is 0. The van der Waals surface area contributed by atoms with Crippen molar-refractivity contribution < 1.29 is 38.2 Å². The molecule has 3 aliphatic heterocycles. The van der Waals surface area contributed by atoms with Gasteiger partial charge in [-0.25, -0.2) is 4.79 Å². The quantitative estimate of drug-likeness (QED) is 0.286. The molecule has 0 aromatic heterocycles. The van der Waals surface area contributed by atoms with Gasteiger partial charge in [-0.15, -0.1) is 0 Å². The van der Waals surface area contributed by atoms with E-state index in [0.29, 0.717) is 36.4 Å². The third-order valence-electron chi connectivity index (χ3n) is 10.5. The van der Waals surface area contributed by atoms with Crippen LogP contribution in [0.2, 0.25) is 0 Å². The van der Waals surface area contributed by atoms with Gasteiger partial charge in [0.2, 0.25) is 11.8 Å². The predicted molar refractivity (Wildman–Crippen MR) is 193 cm³/mol. The van der Waals surface area contributed by atoms with Gasteiger partial charge in [-0.2, -0.15) is 0 Å². The van der Waals surface area contributed by atoms with Gasteiger partial charge in [0.1, 0.15) is 28.7 Å². The molecule has 3 heterocycles. The standard InChI is InChI=1S/C41H51N3O8/c1-5-50-39(49)41-23-30(41)17-11-8-6-7-10-15-28(22-34(45)52-40(2,3)4)38(48)44-25-29-24-43(26-33(29)35(44)36(46)42-41)37(47)27-16-14-20-32(21-27)51-31-18-12-9-13-19-31/h9,11-14,16-21,28-30,33,35H,5-8,10,15,22-26H2,1-4H3,(H,42,46)/b17-11-/t28-,29+,30-,33+,35+,41?/m1/s1. The van der Waals surface area contributed by atoms with Crippen molar-refractivity contribution in [3.05, 3.63) is 72.3 Å². The van der Waals surface area contributed by atoms with Crippen LogP contribution in [0.1, 0.15) is 83.0 Å². The molecule has 1 aliphatic carbocycles. The van der Waals surface area contributed by atoms with Crippen LogP contribution in [0.5, 0.6) is 11.5 Å². The van der Waals surface area contributed by atoms with E-state index in [9.17, 15) is 24.0 Å². The van der Waals surface area contributed by atoms with Crippen molar-refractivity contribution in [1.82, 2.24) is 15.1 Å². The Morgan fingerprint density at radius 1 is 0.942 bits per heavy atom. The number of ether oxygens (including phenoxy) is 3. The number of amides is 3. The fraction of sp³-hybridized carbons (Fsp3) is 0.537. The monoisotopic (exact) mass is 713 g/mol. The second-order valence-electron chi connectivity index (χ2n) is 15.6. The van der Waals surface area contributed by atoms with E-state index in [1.165, 1.54) is 0 Å². The van der Waals surface area contributed by atoms with Crippen molar-refractivity contribution in [2.75, 3.05) is 26.2 Å². The van der Waals surface area contributed by atoms with E-state index in [1.54, 1.807) is 61.8 Å². The van der Waals surface area contributed by atoms with Gasteiger partial charge >= 0.3 is 11.9 Å². The van der Waals surface area contributed by atoms with Crippen LogP contribution in [-0.4, -0.2) is 82.9 Å². The topological polar surface area (TPSA) is 132 Å². The predicted octanol–water partition coefficient (Wildman–Crippen LogP) is 5.68. The van der Waals surface area contributed by atoms with Crippen molar-refractivity contribution >= 4 is 29.7 Å². The molecule has 278 valence electrons. The molecule has 3 amide bonds. The summed E-state index contributed by atoms with van der Waals surface area (Å²) in [5, 5.41) is 3.05. The van der Waals surface area contributed by atoms with Crippen LogP contribution in [0.4, 0.5) is 0 Å². The molecule has 0 radical (unpaired) electrons. The number of hydrogen-bond acceptors (Lipinski definition) is 8. The summed E-state index contributed by atoms with van der Waals surface area (Å²) in [5.41, 5.74) is -1.45. The molecule has 1 N–H and O–H groups in total. The van der Waals surface area contributed by atoms with E-state index < -0.39 is 40.9 Å². The highest BCUT2D eigenvalue weighted by Gasteiger charge is 2.63. The summed E-state index contributed by atoms with van der Waals surface area (Å²) in [5.74, 6) is -2.09. The minimum Gasteiger partial charge on any atom is -0.464 e. The number of fused-ring (bicyclic) bond motifs is 4. The molecule has 0 spiro atoms. The number of esters is 2. The van der Waals surface area contributed by atoms with Crippen LogP contribution in [0.3, 0.4) is 0 Å². The molecular formula is C41H51N3O8. The number of para-hydroxylation sites is 1. The number of allylic oxidation sites excluding steroid dienone is 1. The van der Waals surface area contributed by atoms with Gasteiger partial charge in [-0.05, 0) is 83.7 Å². The van der Waals surface area contributed by atoms with E-state index >= 15 is 0 Å². The zero-order chi connectivity index (χ0) is 37.0. The summed E-state index contributed by atoms with van der Waals surface area (Å²) in [6.45, 7) is 8.15. The average Bonchev–Trinajstić information content (AvgIpc) is 3.44. The Bertz CT molecular complexity index is 1690. The number of carbonyl (C=O) groups is 5. The highest BCUT2D eigenvalue weighted by atomic mass is 16.6. The zero-order valence-corrected chi connectivity index (χ0v) is 30.7. The van der Waals surface area contributed by atoms with E-state index in [2.05, 4.69) is 11.4 Å². The van der Waals surface area contributed by atoms with Gasteiger partial charge in [0.25, 0.3) is 5.91 Å². The Hall–Kier alpha value is -4.67. The summed E-state index contributed by atoms with van der Waals surface area (Å²) in [7, 11) is 0. The molecule has 4 aliphatic rings. The third-order valence-corrected chi connectivity index (χ3v) is 10.5. The maximum absolute atomic E-state index is 14.5. The van der Waals surface area contributed by atoms with E-state index in [0.717, 1.165) is 25.7 Å². The highest BCUT2D eigenvalue weighted by molar-refractivity contribution is 5.97. The van der Waals surface area contributed by atoms with Gasteiger partial charge in [-0.1, -0.05) is 49.3 Å². The lowest BCUT2D eigenvalue weighted by atomic mass is 9.92. The fourth-order valence-corrected chi connectivity index (χ4v) is 8.00. The first-order chi connectivity index (χ1) is 24.9. The number of hydrogen-bond donors (Lipinski definition) is 1. The summed E-state index contributed by atoms with van der Waals surface area (Å²) in [6.07, 6.45) is 8.19. The Kier molecular flexibility index (Phi) is 11.1. The Morgan fingerprint density at radius 2 is 1.71 bits per heavy atom. The molecule has 52 heavy (non-hydrogen) atoms. The number of nitrogens with one attached hydrogen (secondary N) is 1. The van der Waals surface area contributed by atoms with Crippen LogP contribution < -0.4 is 10.1 Å². The van der Waals surface area contributed by atoms with Crippen LogP contribution in [-0.2, 0) is 28.7 Å². The molecule has 2 aromatic rings. The molecule has 2 saturated heterocycles. The van der Waals surface area contributed by atoms with Crippen molar-refractivity contribution in [2.24, 2.45) is 23.7 Å². The molecule has 11 nitrogen and oxygen atoms in total. The van der Waals surface area contributed by atoms with Crippen LogP contribution in [0.15, 0.2) is 66.7 Å². The summed E-state index contributed by atoms with van der Waals surface area (Å²) in [6, 6.07) is 15.4. The average molecular weight is 714 g/mol. The largest absolute Gasteiger partial charge is 0.464 e. The van der Waals surface area contributed by atoms with E-state index in [1.807, 2.05) is 36.4 Å². The number of rotatable bonds is 7. The Morgan fingerprint density at radius 3 is 2.46 bits per heavy atom. The van der Waals surface area contributed by atoms with Crippen molar-refractivity contribution in [3.8, 4) is 11.5 Å². The van der Waals surface area contributed by atoms with Crippen LogP contribution in [0.25, 0.3) is 0 Å². The van der Waals surface area contributed by atoms with Gasteiger partial charge in [0.15, 0.2) is 0 Å². The molecule has 1 saturated carbocycles. The number of nitrogens with zero attached hydrogens (tertiary/aromatic N) is 2. The smallest absolute Gasteiger partial charge is 0.332 e. The van der Waals surface area contributed by atoms with Crippen molar-refractivity contribution in [3.63, 3.8) is 0 Å². The Balaban J connectivity index is 1.27. The van der Waals surface area contributed by atoms with Gasteiger partial charge in [0.05, 0.1) is 13.0 Å². The summed E-state index contributed by atoms with van der Waals surface area (Å²) < 4.78 is 17.0. The van der Waals surface area contributed by atoms with E-state index in [-0.39, 0.29) is 55.7 Å². The molecule has 2 aromatic carbocycles. The lowest BCUT2D eigenvalue weighted by Gasteiger charge is -2.32. The first-order valence-corrected chi connectivity index (χ1v) is 18.7. The first kappa shape index (κ1) is 37.1. The van der Waals surface area contributed by atoms with Gasteiger partial charge in [0, 0.05) is 48.9 Å². The van der Waals surface area contributed by atoms with Crippen molar-refractivity contribution in [2.45, 2.75) is 89.8 Å². The highest BCUT2D eigenvalue weighted by Crippen LogP contribution is 2.47. The number of likely N-dealkylation sites (tertiary alicyclic amines) is 1. The molecule has 3 fully saturated rings. The molecule has 11 heteroatoms. The van der Waals surface area contributed by atoms with Gasteiger partial charge < -0.3 is 29.3 Å². The number of benzene rings is 2. The lowest BCUT2D eigenvalue weighted by Crippen LogP contribution is -2.56. The van der Waals surface area contributed by atoms with Crippen molar-refractivity contribution in [1.29, 1.82) is 0 Å². The second kappa shape index (κ2) is 15.5. The fourth-order valence-electron chi connectivity index (χ4n) is 8.00. The molecular weight excluding hydrogens is 662 g/mol. The minimum absolute atomic E-state index is 0.0863. The normalized spacial score (nSPS) is 28.3. The second-order valence-corrected chi connectivity index (χ2v) is 15.6. The molecule has 0 bridgehead atoms. The lowest BCUT2D eigenvalue weighted by molar-refractivity contribution is -0.159. The van der Waals surface area contributed by atoms with Crippen LogP contribution >= 0.6 is 0 Å². The van der Waals surface area contributed by atoms with Crippen LogP contribution in [0, 0.1) is 23.7 Å². The maximum Gasteiger partial charge on any atom is 0.332 e. The Labute approximate surface area is 306 Å². The third kappa shape index (κ3) is 8.34. The minimum atomic E-state index is -1.21. The SMILES string of the molecule is CCOC(=O)C12C[C@H]1/C=C\CCCCC[C@H](CC(=O)OC(C)(C)C)C(=O)N1C[C@@H]3CN(C(=O)c4cccc(Oc5ccccc5)c4)C[C@@H]3[C@H]1C(=O)N2. The zero-order valence-electron chi connectivity index (χ0n) is 30.7.